The molecule has 2 heterocycles. The third-order valence-electron chi connectivity index (χ3n) is 1.60. The van der Waals surface area contributed by atoms with Gasteiger partial charge in [-0.1, -0.05) is 0 Å². The molecule has 1 aromatic heterocycles. The Morgan fingerprint density at radius 1 is 1.60 bits per heavy atom. The van der Waals surface area contributed by atoms with Crippen LogP contribution in [0.25, 0.3) is 0 Å². The van der Waals surface area contributed by atoms with E-state index in [9.17, 15) is 0 Å². The molecular formula is C7H8N2O. The van der Waals surface area contributed by atoms with Gasteiger partial charge in [0.05, 0.1) is 12.8 Å². The van der Waals surface area contributed by atoms with Gasteiger partial charge < -0.3 is 4.42 Å². The highest BCUT2D eigenvalue weighted by molar-refractivity contribution is 5.05. The van der Waals surface area contributed by atoms with Gasteiger partial charge in [-0.15, -0.1) is 0 Å². The Balaban J connectivity index is 2.20. The Morgan fingerprint density at radius 2 is 2.60 bits per heavy atom. The van der Waals surface area contributed by atoms with Crippen LogP contribution in [0.1, 0.15) is 18.2 Å². The first-order valence-corrected chi connectivity index (χ1v) is 3.37. The van der Waals surface area contributed by atoms with E-state index in [0.29, 0.717) is 0 Å². The molecule has 0 saturated heterocycles. The molecule has 1 atom stereocenters. The fourth-order valence-corrected chi connectivity index (χ4v) is 1.07. The molecule has 3 heteroatoms. The van der Waals surface area contributed by atoms with Crippen LogP contribution in [0.2, 0.25) is 0 Å². The van der Waals surface area contributed by atoms with E-state index in [-0.39, 0.29) is 6.04 Å². The lowest BCUT2D eigenvalue weighted by atomic mass is 10.2. The summed E-state index contributed by atoms with van der Waals surface area (Å²) in [6.07, 6.45) is 2.66. The molecule has 0 spiro atoms. The zero-order chi connectivity index (χ0) is 6.81. The van der Waals surface area contributed by atoms with Crippen molar-refractivity contribution in [1.82, 2.24) is 0 Å². The summed E-state index contributed by atoms with van der Waals surface area (Å²) in [5.74, 6) is 0.932. The summed E-state index contributed by atoms with van der Waals surface area (Å²) in [6, 6.07) is 4.01. The van der Waals surface area contributed by atoms with Crippen molar-refractivity contribution in [3.8, 4) is 0 Å². The van der Waals surface area contributed by atoms with Gasteiger partial charge in [-0.3, -0.25) is 0 Å². The second-order valence-corrected chi connectivity index (χ2v) is 2.30. The maximum atomic E-state index is 5.16. The van der Waals surface area contributed by atoms with Gasteiger partial charge in [0.1, 0.15) is 11.8 Å². The van der Waals surface area contributed by atoms with Crippen molar-refractivity contribution in [2.45, 2.75) is 12.5 Å². The molecular weight excluding hydrogens is 128 g/mol. The predicted octanol–water partition coefficient (Wildman–Crippen LogP) is 2.18. The standard InChI is InChI=1S/C7H8N2O/c1-2-7(10-5-1)6-3-4-8-9-6/h1-2,5-6H,3-4H2. The first-order valence-electron chi connectivity index (χ1n) is 3.37. The molecule has 0 amide bonds. The maximum absolute atomic E-state index is 5.16. The molecule has 0 bridgehead atoms. The van der Waals surface area contributed by atoms with Gasteiger partial charge in [0.25, 0.3) is 0 Å². The average molecular weight is 136 g/mol. The zero-order valence-electron chi connectivity index (χ0n) is 5.53. The summed E-state index contributed by atoms with van der Waals surface area (Å²) in [6.45, 7) is 0.839. The number of rotatable bonds is 1. The topological polar surface area (TPSA) is 37.9 Å². The smallest absolute Gasteiger partial charge is 0.130 e. The summed E-state index contributed by atoms with van der Waals surface area (Å²) in [5.41, 5.74) is 0. The van der Waals surface area contributed by atoms with E-state index in [4.69, 9.17) is 4.42 Å². The van der Waals surface area contributed by atoms with Gasteiger partial charge in [-0.2, -0.15) is 10.2 Å². The molecule has 1 aliphatic rings. The van der Waals surface area contributed by atoms with Crippen molar-refractivity contribution in [2.24, 2.45) is 10.2 Å². The third kappa shape index (κ3) is 0.835. The Morgan fingerprint density at radius 3 is 3.20 bits per heavy atom. The van der Waals surface area contributed by atoms with Crippen LogP contribution in [0.4, 0.5) is 0 Å². The molecule has 52 valence electrons. The second kappa shape index (κ2) is 2.25. The lowest BCUT2D eigenvalue weighted by molar-refractivity contribution is 0.468. The Bertz CT molecular complexity index is 228. The van der Waals surface area contributed by atoms with Crippen molar-refractivity contribution in [1.29, 1.82) is 0 Å². The van der Waals surface area contributed by atoms with E-state index in [2.05, 4.69) is 10.2 Å². The van der Waals surface area contributed by atoms with E-state index in [1.165, 1.54) is 0 Å². The number of azo groups is 1. The van der Waals surface area contributed by atoms with Crippen molar-refractivity contribution >= 4 is 0 Å². The third-order valence-corrected chi connectivity index (χ3v) is 1.60. The molecule has 0 N–H and O–H groups in total. The molecule has 10 heavy (non-hydrogen) atoms. The summed E-state index contributed by atoms with van der Waals surface area (Å²) in [7, 11) is 0. The summed E-state index contributed by atoms with van der Waals surface area (Å²) >= 11 is 0. The molecule has 0 aromatic carbocycles. The van der Waals surface area contributed by atoms with Crippen LogP contribution in [-0.4, -0.2) is 6.54 Å². The maximum Gasteiger partial charge on any atom is 0.130 e. The Hall–Kier alpha value is -1.12. The summed E-state index contributed by atoms with van der Waals surface area (Å²) < 4.78 is 5.16. The van der Waals surface area contributed by atoms with Crippen molar-refractivity contribution in [3.63, 3.8) is 0 Å². The summed E-state index contributed by atoms with van der Waals surface area (Å²) in [5, 5.41) is 7.90. The van der Waals surface area contributed by atoms with Crippen LogP contribution in [0.15, 0.2) is 33.0 Å². The van der Waals surface area contributed by atoms with E-state index < -0.39 is 0 Å². The van der Waals surface area contributed by atoms with E-state index in [1.807, 2.05) is 12.1 Å². The highest BCUT2D eigenvalue weighted by atomic mass is 16.3. The second-order valence-electron chi connectivity index (χ2n) is 2.30. The highest BCUT2D eigenvalue weighted by Crippen LogP contribution is 2.25. The minimum atomic E-state index is 0.190. The van der Waals surface area contributed by atoms with Crippen LogP contribution in [0.3, 0.4) is 0 Å². The molecule has 0 aliphatic carbocycles. The lowest BCUT2D eigenvalue weighted by Gasteiger charge is -1.96. The van der Waals surface area contributed by atoms with Crippen molar-refractivity contribution in [3.05, 3.63) is 24.2 Å². The Kier molecular flexibility index (Phi) is 1.27. The molecule has 1 unspecified atom stereocenters. The fourth-order valence-electron chi connectivity index (χ4n) is 1.07. The van der Waals surface area contributed by atoms with Gasteiger partial charge in [0.15, 0.2) is 0 Å². The van der Waals surface area contributed by atoms with Gasteiger partial charge >= 0.3 is 0 Å². The molecule has 1 aliphatic heterocycles. The molecule has 1 aromatic rings. The van der Waals surface area contributed by atoms with Crippen LogP contribution in [0.5, 0.6) is 0 Å². The van der Waals surface area contributed by atoms with Crippen molar-refractivity contribution in [2.75, 3.05) is 6.54 Å². The van der Waals surface area contributed by atoms with Gasteiger partial charge in [0.2, 0.25) is 0 Å². The predicted molar refractivity (Wildman–Crippen MR) is 35.8 cm³/mol. The summed E-state index contributed by atoms with van der Waals surface area (Å²) in [4.78, 5) is 0. The fraction of sp³-hybridized carbons (Fsp3) is 0.429. The molecule has 0 radical (unpaired) electrons. The quantitative estimate of drug-likeness (QED) is 0.583. The molecule has 2 rings (SSSR count). The van der Waals surface area contributed by atoms with E-state index >= 15 is 0 Å². The van der Waals surface area contributed by atoms with Gasteiger partial charge in [-0.25, -0.2) is 0 Å². The van der Waals surface area contributed by atoms with Crippen LogP contribution in [0, 0.1) is 0 Å². The monoisotopic (exact) mass is 136 g/mol. The molecule has 0 fully saturated rings. The highest BCUT2D eigenvalue weighted by Gasteiger charge is 2.16. The normalized spacial score (nSPS) is 23.8. The van der Waals surface area contributed by atoms with E-state index in [1.54, 1.807) is 6.26 Å². The Labute approximate surface area is 58.8 Å². The number of nitrogens with zero attached hydrogens (tertiary/aromatic N) is 2. The molecule has 3 nitrogen and oxygen atoms in total. The lowest BCUT2D eigenvalue weighted by Crippen LogP contribution is -1.87. The largest absolute Gasteiger partial charge is 0.467 e. The zero-order valence-corrected chi connectivity index (χ0v) is 5.53. The minimum absolute atomic E-state index is 0.190. The first kappa shape index (κ1) is 5.65. The van der Waals surface area contributed by atoms with Crippen LogP contribution in [-0.2, 0) is 0 Å². The van der Waals surface area contributed by atoms with Crippen LogP contribution < -0.4 is 0 Å². The van der Waals surface area contributed by atoms with Crippen LogP contribution >= 0.6 is 0 Å². The van der Waals surface area contributed by atoms with Crippen molar-refractivity contribution < 1.29 is 4.42 Å². The van der Waals surface area contributed by atoms with Gasteiger partial charge in [-0.05, 0) is 12.1 Å². The number of hydrogen-bond donors (Lipinski definition) is 0. The minimum Gasteiger partial charge on any atom is -0.467 e. The number of furan rings is 1. The van der Waals surface area contributed by atoms with Gasteiger partial charge in [0, 0.05) is 6.42 Å². The first-order chi connectivity index (χ1) is 4.97. The average Bonchev–Trinajstić information content (AvgIpc) is 2.59. The number of hydrogen-bond acceptors (Lipinski definition) is 3. The van der Waals surface area contributed by atoms with E-state index in [0.717, 1.165) is 18.7 Å². The molecule has 0 saturated carbocycles. The SMILES string of the molecule is c1coc(C2CCN=N2)c1.